The highest BCUT2D eigenvalue weighted by Gasteiger charge is 2.19. The van der Waals surface area contributed by atoms with E-state index in [4.69, 9.17) is 5.73 Å². The SMILES string of the molecule is CSc1nnc(CN=C(N)N2CCN(c3ncccn3)CC2)s1. The van der Waals surface area contributed by atoms with E-state index in [9.17, 15) is 0 Å². The van der Waals surface area contributed by atoms with Crippen LogP contribution in [0.4, 0.5) is 5.95 Å². The van der Waals surface area contributed by atoms with Crippen molar-refractivity contribution in [3.8, 4) is 0 Å². The number of piperazine rings is 1. The standard InChI is InChI=1S/C13H18N8S2/c1-22-13-19-18-10(23-13)9-17-11(14)20-5-7-21(8-6-20)12-15-3-2-4-16-12/h2-4H,5-9H2,1H3,(H2,14,17). The lowest BCUT2D eigenvalue weighted by atomic mass is 10.3. The summed E-state index contributed by atoms with van der Waals surface area (Å²) < 4.78 is 0.949. The fraction of sp³-hybridized carbons (Fsp3) is 0.462. The van der Waals surface area contributed by atoms with Crippen molar-refractivity contribution in [2.45, 2.75) is 10.9 Å². The summed E-state index contributed by atoms with van der Waals surface area (Å²) in [6, 6.07) is 1.82. The summed E-state index contributed by atoms with van der Waals surface area (Å²) in [6.07, 6.45) is 5.50. The number of aromatic nitrogens is 4. The van der Waals surface area contributed by atoms with E-state index < -0.39 is 0 Å². The Morgan fingerprint density at radius 3 is 2.65 bits per heavy atom. The molecule has 1 aliphatic rings. The molecule has 0 bridgehead atoms. The van der Waals surface area contributed by atoms with Gasteiger partial charge in [0.25, 0.3) is 0 Å². The predicted octanol–water partition coefficient (Wildman–Crippen LogP) is 0.687. The fourth-order valence-corrected chi connectivity index (χ4v) is 3.46. The number of hydrogen-bond acceptors (Lipinski definition) is 8. The molecular weight excluding hydrogens is 332 g/mol. The molecule has 0 spiro atoms. The first kappa shape index (κ1) is 15.9. The van der Waals surface area contributed by atoms with Gasteiger partial charge in [-0.25, -0.2) is 15.0 Å². The van der Waals surface area contributed by atoms with Gasteiger partial charge in [-0.05, 0) is 12.3 Å². The maximum atomic E-state index is 6.10. The zero-order chi connectivity index (χ0) is 16.1. The molecule has 2 aromatic heterocycles. The molecule has 0 amide bonds. The van der Waals surface area contributed by atoms with Crippen LogP contribution in [0.25, 0.3) is 0 Å². The average molecular weight is 350 g/mol. The summed E-state index contributed by atoms with van der Waals surface area (Å²) in [5.74, 6) is 1.32. The van der Waals surface area contributed by atoms with Gasteiger partial charge in [0, 0.05) is 38.6 Å². The summed E-state index contributed by atoms with van der Waals surface area (Å²) in [6.45, 7) is 3.75. The highest BCUT2D eigenvalue weighted by atomic mass is 32.2. The molecule has 0 aliphatic carbocycles. The second kappa shape index (κ2) is 7.55. The molecule has 1 aliphatic heterocycles. The topological polar surface area (TPSA) is 96.4 Å². The summed E-state index contributed by atoms with van der Waals surface area (Å²) >= 11 is 3.14. The van der Waals surface area contributed by atoms with E-state index in [0.717, 1.165) is 41.5 Å². The van der Waals surface area contributed by atoms with Crippen molar-refractivity contribution in [2.24, 2.45) is 10.7 Å². The summed E-state index contributed by atoms with van der Waals surface area (Å²) in [5, 5.41) is 9.04. The molecule has 8 nitrogen and oxygen atoms in total. The van der Waals surface area contributed by atoms with Crippen LogP contribution >= 0.6 is 23.1 Å². The highest BCUT2D eigenvalue weighted by molar-refractivity contribution is 8.00. The number of aliphatic imine (C=N–C) groups is 1. The summed E-state index contributed by atoms with van der Waals surface area (Å²) in [7, 11) is 0. The van der Waals surface area contributed by atoms with Gasteiger partial charge in [-0.3, -0.25) is 0 Å². The quantitative estimate of drug-likeness (QED) is 0.489. The van der Waals surface area contributed by atoms with E-state index in [1.165, 1.54) is 0 Å². The van der Waals surface area contributed by atoms with Gasteiger partial charge in [0.05, 0.1) is 6.54 Å². The minimum absolute atomic E-state index is 0.478. The minimum Gasteiger partial charge on any atom is -0.370 e. The first-order chi connectivity index (χ1) is 11.3. The molecule has 2 N–H and O–H groups in total. The number of hydrogen-bond donors (Lipinski definition) is 1. The number of guanidine groups is 1. The second-order valence-electron chi connectivity index (χ2n) is 4.86. The van der Waals surface area contributed by atoms with Gasteiger partial charge < -0.3 is 15.5 Å². The molecular formula is C13H18N8S2. The Morgan fingerprint density at radius 1 is 1.26 bits per heavy atom. The van der Waals surface area contributed by atoms with Crippen LogP contribution in [0.15, 0.2) is 27.8 Å². The van der Waals surface area contributed by atoms with Crippen molar-refractivity contribution in [2.75, 3.05) is 37.3 Å². The van der Waals surface area contributed by atoms with E-state index in [0.29, 0.717) is 12.5 Å². The first-order valence-electron chi connectivity index (χ1n) is 7.19. The van der Waals surface area contributed by atoms with Crippen molar-refractivity contribution in [1.29, 1.82) is 0 Å². The van der Waals surface area contributed by atoms with Crippen LogP contribution in [0.1, 0.15) is 5.01 Å². The number of rotatable bonds is 4. The maximum absolute atomic E-state index is 6.10. The third-order valence-corrected chi connectivity index (χ3v) is 5.32. The van der Waals surface area contributed by atoms with Gasteiger partial charge in [0.15, 0.2) is 10.3 Å². The predicted molar refractivity (Wildman–Crippen MR) is 92.8 cm³/mol. The van der Waals surface area contributed by atoms with E-state index in [2.05, 4.69) is 35.0 Å². The van der Waals surface area contributed by atoms with Gasteiger partial charge in [0.2, 0.25) is 5.95 Å². The van der Waals surface area contributed by atoms with Gasteiger partial charge in [0.1, 0.15) is 5.01 Å². The van der Waals surface area contributed by atoms with E-state index in [-0.39, 0.29) is 0 Å². The monoisotopic (exact) mass is 350 g/mol. The van der Waals surface area contributed by atoms with E-state index in [1.54, 1.807) is 35.5 Å². The molecule has 0 radical (unpaired) electrons. The van der Waals surface area contributed by atoms with Crippen molar-refractivity contribution in [1.82, 2.24) is 25.1 Å². The van der Waals surface area contributed by atoms with Gasteiger partial charge in [-0.2, -0.15) is 0 Å². The Bertz CT molecular complexity index is 651. The third kappa shape index (κ3) is 4.08. The molecule has 3 rings (SSSR count). The summed E-state index contributed by atoms with van der Waals surface area (Å²) in [5.41, 5.74) is 6.10. The van der Waals surface area contributed by atoms with Gasteiger partial charge in [-0.15, -0.1) is 10.2 Å². The Balaban J connectivity index is 1.53. The molecule has 0 atom stereocenters. The van der Waals surface area contributed by atoms with Crippen molar-refractivity contribution in [3.05, 3.63) is 23.5 Å². The van der Waals surface area contributed by atoms with Crippen molar-refractivity contribution >= 4 is 35.0 Å². The molecule has 2 aromatic rings. The van der Waals surface area contributed by atoms with Crippen molar-refractivity contribution in [3.63, 3.8) is 0 Å². The van der Waals surface area contributed by atoms with Crippen LogP contribution in [0, 0.1) is 0 Å². The Kier molecular flexibility index (Phi) is 5.23. The van der Waals surface area contributed by atoms with Gasteiger partial charge in [-0.1, -0.05) is 23.1 Å². The van der Waals surface area contributed by atoms with Gasteiger partial charge >= 0.3 is 0 Å². The third-order valence-electron chi connectivity index (χ3n) is 3.44. The lowest BCUT2D eigenvalue weighted by molar-refractivity contribution is 0.378. The smallest absolute Gasteiger partial charge is 0.225 e. The Hall–Kier alpha value is -1.94. The molecule has 122 valence electrons. The molecule has 0 aromatic carbocycles. The molecule has 1 saturated heterocycles. The molecule has 0 unspecified atom stereocenters. The first-order valence-corrected chi connectivity index (χ1v) is 9.23. The van der Waals surface area contributed by atoms with Crippen LogP contribution in [-0.2, 0) is 6.54 Å². The minimum atomic E-state index is 0.478. The van der Waals surface area contributed by atoms with Crippen LogP contribution in [-0.4, -0.2) is 63.5 Å². The maximum Gasteiger partial charge on any atom is 0.225 e. The molecule has 0 saturated carbocycles. The van der Waals surface area contributed by atoms with Crippen LogP contribution < -0.4 is 10.6 Å². The molecule has 3 heterocycles. The normalized spacial score (nSPS) is 16.0. The largest absolute Gasteiger partial charge is 0.370 e. The van der Waals surface area contributed by atoms with E-state index in [1.807, 2.05) is 12.3 Å². The number of anilines is 1. The zero-order valence-corrected chi connectivity index (χ0v) is 14.4. The fourth-order valence-electron chi connectivity index (χ4n) is 2.22. The van der Waals surface area contributed by atoms with Crippen LogP contribution in [0.3, 0.4) is 0 Å². The molecule has 10 heteroatoms. The number of thioether (sulfide) groups is 1. The average Bonchev–Trinajstić information content (AvgIpc) is 3.09. The van der Waals surface area contributed by atoms with Crippen LogP contribution in [0.5, 0.6) is 0 Å². The second-order valence-corrected chi connectivity index (χ2v) is 6.98. The lowest BCUT2D eigenvalue weighted by Gasteiger charge is -2.35. The Labute approximate surface area is 142 Å². The number of nitrogens with zero attached hydrogens (tertiary/aromatic N) is 7. The van der Waals surface area contributed by atoms with Crippen LogP contribution in [0.2, 0.25) is 0 Å². The Morgan fingerprint density at radius 2 is 2.00 bits per heavy atom. The molecule has 23 heavy (non-hydrogen) atoms. The van der Waals surface area contributed by atoms with Crippen molar-refractivity contribution < 1.29 is 0 Å². The summed E-state index contributed by atoms with van der Waals surface area (Å²) in [4.78, 5) is 17.2. The van der Waals surface area contributed by atoms with E-state index >= 15 is 0 Å². The molecule has 1 fully saturated rings. The lowest BCUT2D eigenvalue weighted by Crippen LogP contribution is -2.51. The number of nitrogens with two attached hydrogens (primary N) is 1. The zero-order valence-electron chi connectivity index (χ0n) is 12.8. The highest BCUT2D eigenvalue weighted by Crippen LogP contribution is 2.20.